The molecule has 1 aliphatic heterocycles. The molecule has 7 atom stereocenters. The van der Waals surface area contributed by atoms with Crippen LogP contribution in [0.2, 0.25) is 0 Å². The maximum absolute atomic E-state index is 15.1. The second-order valence-electron chi connectivity index (χ2n) is 16.8. The summed E-state index contributed by atoms with van der Waals surface area (Å²) in [4.78, 5) is 49.0. The lowest BCUT2D eigenvalue weighted by Gasteiger charge is -2.42. The van der Waals surface area contributed by atoms with Crippen molar-refractivity contribution in [2.45, 2.75) is 95.8 Å². The lowest BCUT2D eigenvalue weighted by atomic mass is 9.67. The maximum Gasteiger partial charge on any atom is 0.350 e. The normalized spacial score (nSPS) is 30.6. The Morgan fingerprint density at radius 2 is 1.98 bits per heavy atom. The molecule has 10 heteroatoms. The van der Waals surface area contributed by atoms with E-state index in [0.29, 0.717) is 48.9 Å². The van der Waals surface area contributed by atoms with E-state index in [1.807, 2.05) is 50.4 Å². The summed E-state index contributed by atoms with van der Waals surface area (Å²) in [5, 5.41) is 20.7. The van der Waals surface area contributed by atoms with Crippen molar-refractivity contribution >= 4 is 23.4 Å². The number of pyridine rings is 1. The molecule has 4 aliphatic carbocycles. The quantitative estimate of drug-likeness (QED) is 0.0495. The number of nitrogens with one attached hydrogen (secondary N) is 3. The van der Waals surface area contributed by atoms with E-state index in [4.69, 9.17) is 9.47 Å². The van der Waals surface area contributed by atoms with Gasteiger partial charge in [-0.15, -0.1) is 0 Å². The number of aliphatic hydroxyl groups excluding tert-OH is 1. The fourth-order valence-corrected chi connectivity index (χ4v) is 9.74. The molecule has 1 aromatic heterocycles. The minimum Gasteiger partial charge on any atom is -0.463 e. The number of anilines is 1. The van der Waals surface area contributed by atoms with Crippen molar-refractivity contribution in [3.05, 3.63) is 106 Å². The number of aromatic nitrogens is 1. The Labute approximate surface area is 331 Å². The van der Waals surface area contributed by atoms with Gasteiger partial charge in [-0.1, -0.05) is 74.1 Å². The minimum absolute atomic E-state index is 0.0665. The van der Waals surface area contributed by atoms with Crippen molar-refractivity contribution < 1.29 is 29.0 Å². The molecular weight excluding hydrogens is 705 g/mol. The van der Waals surface area contributed by atoms with Crippen LogP contribution in [0.15, 0.2) is 84.1 Å². The van der Waals surface area contributed by atoms with Crippen LogP contribution < -0.4 is 16.0 Å². The minimum atomic E-state index is -2.13. The van der Waals surface area contributed by atoms with Crippen LogP contribution in [-0.4, -0.2) is 78.3 Å². The molecule has 7 rings (SSSR count). The summed E-state index contributed by atoms with van der Waals surface area (Å²) in [6.07, 6.45) is 21.2. The number of Topliss-reactive ketones (excluding diaryl/α,β-unsaturated/α-hetero) is 2. The molecule has 0 unspecified atom stereocenters. The van der Waals surface area contributed by atoms with Gasteiger partial charge in [0.05, 0.1) is 19.9 Å². The summed E-state index contributed by atoms with van der Waals surface area (Å²) in [7, 11) is 1.86. The molecule has 0 bridgehead atoms. The first kappa shape index (κ1) is 40.0. The number of aliphatic hydroxyl groups is 1. The number of carbonyl (C=O) groups is 3. The van der Waals surface area contributed by atoms with Crippen molar-refractivity contribution in [3.63, 3.8) is 0 Å². The van der Waals surface area contributed by atoms with Crippen molar-refractivity contribution in [1.82, 2.24) is 15.6 Å². The van der Waals surface area contributed by atoms with Crippen molar-refractivity contribution in [3.8, 4) is 0 Å². The highest BCUT2D eigenvalue weighted by molar-refractivity contribution is 6.33. The Bertz CT molecular complexity index is 1950. The largest absolute Gasteiger partial charge is 0.463 e. The lowest BCUT2D eigenvalue weighted by Crippen LogP contribution is -2.52. The molecule has 0 spiro atoms. The smallest absolute Gasteiger partial charge is 0.350 e. The van der Waals surface area contributed by atoms with Gasteiger partial charge in [0.2, 0.25) is 5.78 Å². The summed E-state index contributed by atoms with van der Waals surface area (Å²) in [5.41, 5.74) is -0.475. The van der Waals surface area contributed by atoms with E-state index in [2.05, 4.69) is 59.1 Å². The maximum atomic E-state index is 15.1. The van der Waals surface area contributed by atoms with E-state index in [0.717, 1.165) is 55.6 Å². The molecular formula is C46H58N4O6. The van der Waals surface area contributed by atoms with E-state index >= 15 is 4.79 Å². The van der Waals surface area contributed by atoms with E-state index < -0.39 is 28.7 Å². The Hall–Kier alpha value is -4.22. The molecule has 1 saturated carbocycles. The molecule has 1 aromatic carbocycles. The molecule has 1 saturated heterocycles. The van der Waals surface area contributed by atoms with Crippen molar-refractivity contribution in [2.24, 2.45) is 23.2 Å². The molecule has 2 heterocycles. The fraction of sp³-hybridized carbons (Fsp3) is 0.522. The van der Waals surface area contributed by atoms with Crippen LogP contribution in [0, 0.1) is 23.2 Å². The number of fused-ring (bicyclic) bond motifs is 3. The van der Waals surface area contributed by atoms with Gasteiger partial charge in [-0.25, -0.2) is 9.78 Å². The van der Waals surface area contributed by atoms with Crippen LogP contribution in [0.4, 0.5) is 5.82 Å². The number of carbonyl (C=O) groups excluding carboxylic acids is 3. The van der Waals surface area contributed by atoms with Gasteiger partial charge in [-0.2, -0.15) is 0 Å². The van der Waals surface area contributed by atoms with Crippen LogP contribution >= 0.6 is 0 Å². The molecule has 56 heavy (non-hydrogen) atoms. The van der Waals surface area contributed by atoms with Crippen LogP contribution in [-0.2, 0) is 27.1 Å². The van der Waals surface area contributed by atoms with Gasteiger partial charge in [0.25, 0.3) is 5.60 Å². The second-order valence-corrected chi connectivity index (χ2v) is 16.8. The van der Waals surface area contributed by atoms with E-state index in [9.17, 15) is 14.7 Å². The number of esters is 1. The summed E-state index contributed by atoms with van der Waals surface area (Å²) in [6, 6.07) is 9.48. The van der Waals surface area contributed by atoms with Gasteiger partial charge in [-0.05, 0) is 118 Å². The zero-order valence-electron chi connectivity index (χ0n) is 33.4. The average molecular weight is 763 g/mol. The third-order valence-corrected chi connectivity index (χ3v) is 13.0. The molecule has 10 nitrogen and oxygen atoms in total. The molecule has 0 radical (unpaired) electrons. The second kappa shape index (κ2) is 16.7. The Kier molecular flexibility index (Phi) is 11.9. The van der Waals surface area contributed by atoms with Crippen LogP contribution in [0.5, 0.6) is 0 Å². The number of ether oxygens (including phenoxy) is 2. The number of nitrogens with zero attached hydrogens (tertiary/aromatic N) is 1. The number of rotatable bonds is 16. The highest BCUT2D eigenvalue weighted by atomic mass is 16.7. The molecule has 4 N–H and O–H groups in total. The van der Waals surface area contributed by atoms with Crippen molar-refractivity contribution in [1.29, 1.82) is 0 Å². The molecule has 0 amide bonds. The highest BCUT2D eigenvalue weighted by Crippen LogP contribution is 2.60. The summed E-state index contributed by atoms with van der Waals surface area (Å²) in [6.45, 7) is 7.32. The average Bonchev–Trinajstić information content (AvgIpc) is 3.91. The van der Waals surface area contributed by atoms with Crippen LogP contribution in [0.25, 0.3) is 0 Å². The first-order valence-electron chi connectivity index (χ1n) is 20.5. The monoisotopic (exact) mass is 762 g/mol. The molecule has 2 aromatic rings. The summed E-state index contributed by atoms with van der Waals surface area (Å²) >= 11 is 0. The zero-order chi connectivity index (χ0) is 39.5. The lowest BCUT2D eigenvalue weighted by molar-refractivity contribution is -0.150. The number of epoxide rings is 1. The predicted molar refractivity (Wildman–Crippen MR) is 217 cm³/mol. The predicted octanol–water partition coefficient (Wildman–Crippen LogP) is 6.47. The van der Waals surface area contributed by atoms with Gasteiger partial charge < -0.3 is 30.5 Å². The first-order chi connectivity index (χ1) is 27.1. The van der Waals surface area contributed by atoms with E-state index in [1.54, 1.807) is 12.3 Å². The fourth-order valence-electron chi connectivity index (χ4n) is 9.74. The number of allylic oxidation sites excluding steroid dienone is 7. The van der Waals surface area contributed by atoms with Gasteiger partial charge in [0.1, 0.15) is 5.82 Å². The van der Waals surface area contributed by atoms with Gasteiger partial charge in [0, 0.05) is 35.7 Å². The van der Waals surface area contributed by atoms with Gasteiger partial charge in [0.15, 0.2) is 11.4 Å². The van der Waals surface area contributed by atoms with E-state index in [1.165, 1.54) is 0 Å². The van der Waals surface area contributed by atoms with Gasteiger partial charge in [-0.3, -0.25) is 9.59 Å². The summed E-state index contributed by atoms with van der Waals surface area (Å²) < 4.78 is 12.6. The number of hydrogen-bond acceptors (Lipinski definition) is 10. The Morgan fingerprint density at radius 3 is 2.75 bits per heavy atom. The number of benzene rings is 1. The molecule has 2 fully saturated rings. The number of ketones is 2. The van der Waals surface area contributed by atoms with Crippen molar-refractivity contribution in [2.75, 3.05) is 38.8 Å². The zero-order valence-corrected chi connectivity index (χ0v) is 33.4. The summed E-state index contributed by atoms with van der Waals surface area (Å²) in [5.74, 6) is 0.101. The topological polar surface area (TPSA) is 142 Å². The highest BCUT2D eigenvalue weighted by Gasteiger charge is 2.85. The first-order valence-corrected chi connectivity index (χ1v) is 20.5. The van der Waals surface area contributed by atoms with E-state index in [-0.39, 0.29) is 48.1 Å². The third-order valence-electron chi connectivity index (χ3n) is 13.0. The number of hydrogen-bond donors (Lipinski definition) is 4. The number of aryl methyl sites for hydroxylation is 1. The third kappa shape index (κ3) is 7.61. The Balaban J connectivity index is 1.19. The van der Waals surface area contributed by atoms with Crippen LogP contribution in [0.1, 0.15) is 97.6 Å². The van der Waals surface area contributed by atoms with Gasteiger partial charge >= 0.3 is 5.97 Å². The standard InChI is InChI=1S/C46H58N4O6/c1-5-48-38-24-33-13-8-7-12-32(33)23-35(38)28-55-43(54)46-42(53)40-34(25-44(3)19-9-6-10-20-44)14-11-15-37(40)41(52)45(46,56-46)26-36(27-51)30(2)16-17-31-18-21-49-39(22-31)50-29-47-4/h6,8-11,13-15,18-19,21-22,32-33,35,38,47-48,51H,5,7,12,16-17,20,23-29H2,1-4H3,(H,49,50)/b36-30-/t32-,33-,35+,38-,44-,45+,46+/m1/s1. The molecule has 298 valence electrons. The SMILES string of the molecule is CCN[C@@H]1C[C@H]2C=CCC[C@@H]2C[C@H]1COC(=O)[C@]12O[C@@]1(C/C(CO)=C(\C)CCc1ccnc(NCNC)c1)C(=O)c1cccc(C[C@]3(C)C=CC=CC3)c1C2=O. The Morgan fingerprint density at radius 1 is 1.12 bits per heavy atom. The molecule has 5 aliphatic rings. The van der Waals surface area contributed by atoms with Crippen LogP contribution in [0.3, 0.4) is 0 Å².